The molecule has 3 rings (SSSR count). The first-order valence-electron chi connectivity index (χ1n) is 8.46. The maximum absolute atomic E-state index is 13.4. The van der Waals surface area contributed by atoms with Crippen LogP contribution in [0.3, 0.4) is 0 Å². The number of amides is 1. The largest absolute Gasteiger partial charge is 0.390 e. The van der Waals surface area contributed by atoms with Gasteiger partial charge in [-0.05, 0) is 23.3 Å². The highest BCUT2D eigenvalue weighted by Gasteiger charge is 2.26. The molecular formula is C20H21FN2O2. The Morgan fingerprint density at radius 1 is 1.24 bits per heavy atom. The lowest BCUT2D eigenvalue weighted by Crippen LogP contribution is -2.36. The van der Waals surface area contributed by atoms with E-state index in [4.69, 9.17) is 4.84 Å². The van der Waals surface area contributed by atoms with E-state index in [0.29, 0.717) is 25.9 Å². The molecule has 0 N–H and O–H groups in total. The maximum Gasteiger partial charge on any atom is 0.222 e. The van der Waals surface area contributed by atoms with Crippen LogP contribution < -0.4 is 0 Å². The predicted molar refractivity (Wildman–Crippen MR) is 94.6 cm³/mol. The minimum atomic E-state index is -0.298. The molecule has 1 aliphatic rings. The summed E-state index contributed by atoms with van der Waals surface area (Å²) in [5, 5.41) is 4.17. The number of carbonyl (C=O) groups is 1. The monoisotopic (exact) mass is 340 g/mol. The molecule has 2 aromatic rings. The van der Waals surface area contributed by atoms with E-state index in [-0.39, 0.29) is 17.8 Å². The number of hydrogen-bond acceptors (Lipinski definition) is 3. The van der Waals surface area contributed by atoms with Gasteiger partial charge in [-0.15, -0.1) is 0 Å². The van der Waals surface area contributed by atoms with E-state index >= 15 is 0 Å². The number of nitrogens with zero attached hydrogens (tertiary/aromatic N) is 2. The minimum Gasteiger partial charge on any atom is -0.390 e. The van der Waals surface area contributed by atoms with E-state index in [0.717, 1.165) is 16.8 Å². The highest BCUT2D eigenvalue weighted by molar-refractivity contribution is 6.01. The second kappa shape index (κ2) is 7.92. The normalized spacial score (nSPS) is 16.2. The van der Waals surface area contributed by atoms with Gasteiger partial charge < -0.3 is 9.74 Å². The van der Waals surface area contributed by atoms with E-state index in [1.807, 2.05) is 43.3 Å². The summed E-state index contributed by atoms with van der Waals surface area (Å²) >= 11 is 0. The first-order valence-corrected chi connectivity index (χ1v) is 8.46. The topological polar surface area (TPSA) is 41.9 Å². The molecule has 0 radical (unpaired) electrons. The summed E-state index contributed by atoms with van der Waals surface area (Å²) in [7, 11) is 0. The third kappa shape index (κ3) is 4.44. The number of oxime groups is 1. The minimum absolute atomic E-state index is 0.0148. The first-order chi connectivity index (χ1) is 12.2. The zero-order chi connectivity index (χ0) is 17.6. The van der Waals surface area contributed by atoms with Crippen LogP contribution in [0.2, 0.25) is 0 Å². The molecule has 2 aromatic carbocycles. The van der Waals surface area contributed by atoms with Crippen molar-refractivity contribution < 1.29 is 14.0 Å². The van der Waals surface area contributed by atoms with Crippen LogP contribution in [0.1, 0.15) is 30.9 Å². The SMILES string of the molecule is CCC(=O)N(Cc1cccc(F)c1)CC1CC(c2ccccc2)=NO1. The van der Waals surface area contributed by atoms with Gasteiger partial charge >= 0.3 is 0 Å². The Balaban J connectivity index is 1.65. The fourth-order valence-electron chi connectivity index (χ4n) is 2.91. The van der Waals surface area contributed by atoms with Gasteiger partial charge in [0, 0.05) is 19.4 Å². The van der Waals surface area contributed by atoms with Crippen molar-refractivity contribution in [3.8, 4) is 0 Å². The molecule has 1 aliphatic heterocycles. The number of benzene rings is 2. The van der Waals surface area contributed by atoms with Crippen molar-refractivity contribution >= 4 is 11.6 Å². The van der Waals surface area contributed by atoms with Gasteiger partial charge in [0.2, 0.25) is 5.91 Å². The Bertz CT molecular complexity index is 761. The van der Waals surface area contributed by atoms with Crippen LogP contribution >= 0.6 is 0 Å². The third-order valence-electron chi connectivity index (χ3n) is 4.18. The molecule has 0 fully saturated rings. The second-order valence-corrected chi connectivity index (χ2v) is 6.09. The number of hydrogen-bond donors (Lipinski definition) is 0. The average molecular weight is 340 g/mol. The molecule has 0 bridgehead atoms. The van der Waals surface area contributed by atoms with E-state index in [9.17, 15) is 9.18 Å². The molecule has 1 amide bonds. The Labute approximate surface area is 146 Å². The highest BCUT2D eigenvalue weighted by Crippen LogP contribution is 2.19. The second-order valence-electron chi connectivity index (χ2n) is 6.09. The first kappa shape index (κ1) is 17.1. The van der Waals surface area contributed by atoms with Crippen LogP contribution in [0.25, 0.3) is 0 Å². The van der Waals surface area contributed by atoms with Crippen LogP contribution in [0, 0.1) is 5.82 Å². The Kier molecular flexibility index (Phi) is 5.43. The smallest absolute Gasteiger partial charge is 0.222 e. The molecule has 1 unspecified atom stereocenters. The molecule has 1 atom stereocenters. The molecular weight excluding hydrogens is 319 g/mol. The summed E-state index contributed by atoms with van der Waals surface area (Å²) in [4.78, 5) is 19.5. The Morgan fingerprint density at radius 3 is 2.76 bits per heavy atom. The van der Waals surface area contributed by atoms with Crippen molar-refractivity contribution in [2.24, 2.45) is 5.16 Å². The quantitative estimate of drug-likeness (QED) is 0.803. The zero-order valence-corrected chi connectivity index (χ0v) is 14.2. The summed E-state index contributed by atoms with van der Waals surface area (Å²) in [5.74, 6) is -0.283. The molecule has 5 heteroatoms. The summed E-state index contributed by atoms with van der Waals surface area (Å²) < 4.78 is 13.4. The van der Waals surface area contributed by atoms with Crippen LogP contribution in [-0.2, 0) is 16.2 Å². The standard InChI is InChI=1S/C20H21FN2O2/c1-2-20(24)23(13-15-7-6-10-17(21)11-15)14-18-12-19(22-25-18)16-8-4-3-5-9-16/h3-11,18H,2,12-14H2,1H3. The fourth-order valence-corrected chi connectivity index (χ4v) is 2.91. The van der Waals surface area contributed by atoms with Crippen LogP contribution in [0.15, 0.2) is 59.8 Å². The summed E-state index contributed by atoms with van der Waals surface area (Å²) in [5.41, 5.74) is 2.69. The number of rotatable bonds is 6. The summed E-state index contributed by atoms with van der Waals surface area (Å²) in [6.07, 6.45) is 0.869. The van der Waals surface area contributed by atoms with Crippen LogP contribution in [0.4, 0.5) is 4.39 Å². The highest BCUT2D eigenvalue weighted by atomic mass is 19.1. The molecule has 0 aliphatic carbocycles. The van der Waals surface area contributed by atoms with Crippen molar-refractivity contribution in [3.63, 3.8) is 0 Å². The van der Waals surface area contributed by atoms with Crippen molar-refractivity contribution in [1.82, 2.24) is 4.90 Å². The number of carbonyl (C=O) groups excluding carboxylic acids is 1. The van der Waals surface area contributed by atoms with E-state index in [1.54, 1.807) is 11.0 Å². The van der Waals surface area contributed by atoms with Gasteiger partial charge in [-0.1, -0.05) is 54.5 Å². The van der Waals surface area contributed by atoms with E-state index < -0.39 is 0 Å². The van der Waals surface area contributed by atoms with Crippen molar-refractivity contribution in [2.75, 3.05) is 6.54 Å². The molecule has 0 aromatic heterocycles. The van der Waals surface area contributed by atoms with E-state index in [2.05, 4.69) is 5.16 Å². The Morgan fingerprint density at radius 2 is 2.04 bits per heavy atom. The van der Waals surface area contributed by atoms with Gasteiger partial charge in [-0.3, -0.25) is 4.79 Å². The summed E-state index contributed by atoms with van der Waals surface area (Å²) in [6.45, 7) is 2.62. The number of halogens is 1. The lowest BCUT2D eigenvalue weighted by molar-refractivity contribution is -0.133. The Hall–Kier alpha value is -2.69. The predicted octanol–water partition coefficient (Wildman–Crippen LogP) is 3.76. The van der Waals surface area contributed by atoms with Gasteiger partial charge in [0.25, 0.3) is 0 Å². The van der Waals surface area contributed by atoms with Crippen LogP contribution in [-0.4, -0.2) is 29.2 Å². The van der Waals surface area contributed by atoms with Crippen molar-refractivity contribution in [1.29, 1.82) is 0 Å². The summed E-state index contributed by atoms with van der Waals surface area (Å²) in [6, 6.07) is 16.2. The lowest BCUT2D eigenvalue weighted by atomic mass is 10.0. The molecule has 0 spiro atoms. The van der Waals surface area contributed by atoms with Crippen molar-refractivity contribution in [3.05, 3.63) is 71.5 Å². The fraction of sp³-hybridized carbons (Fsp3) is 0.300. The third-order valence-corrected chi connectivity index (χ3v) is 4.18. The van der Waals surface area contributed by atoms with Gasteiger partial charge in [0.15, 0.2) is 6.10 Å². The molecule has 25 heavy (non-hydrogen) atoms. The average Bonchev–Trinajstić information content (AvgIpc) is 3.10. The molecule has 0 saturated carbocycles. The zero-order valence-electron chi connectivity index (χ0n) is 14.2. The van der Waals surface area contributed by atoms with Crippen LogP contribution in [0.5, 0.6) is 0 Å². The van der Waals surface area contributed by atoms with Crippen molar-refractivity contribution in [2.45, 2.75) is 32.4 Å². The maximum atomic E-state index is 13.4. The van der Waals surface area contributed by atoms with E-state index in [1.165, 1.54) is 12.1 Å². The van der Waals surface area contributed by atoms with Gasteiger partial charge in [-0.25, -0.2) is 4.39 Å². The lowest BCUT2D eigenvalue weighted by Gasteiger charge is -2.24. The van der Waals surface area contributed by atoms with Gasteiger partial charge in [0.05, 0.1) is 12.3 Å². The molecule has 130 valence electrons. The molecule has 0 saturated heterocycles. The van der Waals surface area contributed by atoms with Gasteiger partial charge in [-0.2, -0.15) is 0 Å². The van der Waals surface area contributed by atoms with Gasteiger partial charge in [0.1, 0.15) is 5.82 Å². The molecule has 1 heterocycles. The molecule has 4 nitrogen and oxygen atoms in total.